The molecular weight excluding hydrogens is 358 g/mol. The highest BCUT2D eigenvalue weighted by molar-refractivity contribution is 6.05. The second-order valence-electron chi connectivity index (χ2n) is 7.20. The number of anilines is 1. The number of methoxy groups -OCH3 is 1. The van der Waals surface area contributed by atoms with E-state index in [1.165, 1.54) is 4.90 Å². The van der Waals surface area contributed by atoms with E-state index >= 15 is 0 Å². The minimum Gasteiger partial charge on any atom is -0.497 e. The van der Waals surface area contributed by atoms with Crippen molar-refractivity contribution in [2.45, 2.75) is 37.5 Å². The number of hydrogen-bond acceptors (Lipinski definition) is 5. The van der Waals surface area contributed by atoms with Gasteiger partial charge in [-0.15, -0.1) is 0 Å². The van der Waals surface area contributed by atoms with Gasteiger partial charge in [0, 0.05) is 18.0 Å². The van der Waals surface area contributed by atoms with Crippen LogP contribution < -0.4 is 14.4 Å². The summed E-state index contributed by atoms with van der Waals surface area (Å²) in [6.45, 7) is 0. The molecule has 1 N–H and O–H groups in total. The topological polar surface area (TPSA) is 76.1 Å². The quantitative estimate of drug-likeness (QED) is 0.779. The van der Waals surface area contributed by atoms with Crippen LogP contribution in [-0.4, -0.2) is 42.2 Å². The van der Waals surface area contributed by atoms with Gasteiger partial charge in [0.15, 0.2) is 0 Å². The zero-order valence-electron chi connectivity index (χ0n) is 15.7. The Morgan fingerprint density at radius 3 is 2.36 bits per heavy atom. The van der Waals surface area contributed by atoms with Crippen molar-refractivity contribution in [1.29, 1.82) is 0 Å². The largest absolute Gasteiger partial charge is 0.497 e. The molecule has 0 radical (unpaired) electrons. The van der Waals surface area contributed by atoms with Crippen molar-refractivity contribution < 1.29 is 24.2 Å². The number of carbonyl (C=O) groups is 2. The molecule has 4 atom stereocenters. The van der Waals surface area contributed by atoms with Crippen molar-refractivity contribution in [1.82, 2.24) is 0 Å². The lowest BCUT2D eigenvalue weighted by Gasteiger charge is -2.49. The van der Waals surface area contributed by atoms with Crippen molar-refractivity contribution in [2.24, 2.45) is 5.92 Å². The van der Waals surface area contributed by atoms with Crippen LogP contribution in [0.3, 0.4) is 0 Å². The van der Waals surface area contributed by atoms with Crippen LogP contribution in [0.2, 0.25) is 0 Å². The van der Waals surface area contributed by atoms with Gasteiger partial charge in [-0.05, 0) is 49.2 Å². The minimum atomic E-state index is -0.969. The highest BCUT2D eigenvalue weighted by atomic mass is 16.5. The molecule has 2 fully saturated rings. The summed E-state index contributed by atoms with van der Waals surface area (Å²) in [7, 11) is 1.58. The number of aliphatic hydroxyl groups excluding tert-OH is 1. The second kappa shape index (κ2) is 7.64. The Balaban J connectivity index is 1.62. The molecule has 0 bridgehead atoms. The summed E-state index contributed by atoms with van der Waals surface area (Å²) in [6, 6.07) is 15.5. The number of rotatable bonds is 6. The lowest BCUT2D eigenvalue weighted by atomic mass is 9.83. The van der Waals surface area contributed by atoms with Crippen LogP contribution in [-0.2, 0) is 9.59 Å². The molecule has 146 valence electrons. The Morgan fingerprint density at radius 2 is 1.75 bits per heavy atom. The standard InChI is InChI=1S/C22H23NO5/c1-27-15-12-10-14(11-13-15)23-19(20(25)17-8-5-9-18(17)24)21(22(23)26)28-16-6-3-2-4-7-16/h2-4,6-7,10-13,17,19-21,25H,5,8-9H2,1H3/t17-,19+,20+,21-/m0/s1. The number of ketones is 1. The van der Waals surface area contributed by atoms with Crippen LogP contribution in [0.1, 0.15) is 19.3 Å². The van der Waals surface area contributed by atoms with E-state index in [1.807, 2.05) is 18.2 Å². The molecule has 0 unspecified atom stereocenters. The molecule has 6 heteroatoms. The summed E-state index contributed by atoms with van der Waals surface area (Å²) < 4.78 is 11.1. The van der Waals surface area contributed by atoms with Gasteiger partial charge < -0.3 is 14.6 Å². The van der Waals surface area contributed by atoms with Crippen molar-refractivity contribution in [2.75, 3.05) is 12.0 Å². The van der Waals surface area contributed by atoms with Gasteiger partial charge in [-0.3, -0.25) is 14.5 Å². The van der Waals surface area contributed by atoms with E-state index in [-0.39, 0.29) is 11.7 Å². The molecule has 4 rings (SSSR count). The molecule has 1 saturated carbocycles. The van der Waals surface area contributed by atoms with E-state index < -0.39 is 24.2 Å². The van der Waals surface area contributed by atoms with Crippen LogP contribution >= 0.6 is 0 Å². The van der Waals surface area contributed by atoms with E-state index in [4.69, 9.17) is 9.47 Å². The van der Waals surface area contributed by atoms with Gasteiger partial charge in [-0.2, -0.15) is 0 Å². The van der Waals surface area contributed by atoms with Crippen LogP contribution in [0.5, 0.6) is 11.5 Å². The molecule has 2 aromatic carbocycles. The first-order chi connectivity index (χ1) is 13.6. The van der Waals surface area contributed by atoms with Crippen LogP contribution in [0.25, 0.3) is 0 Å². The summed E-state index contributed by atoms with van der Waals surface area (Å²) >= 11 is 0. The van der Waals surface area contributed by atoms with E-state index in [0.717, 1.165) is 6.42 Å². The van der Waals surface area contributed by atoms with Crippen molar-refractivity contribution in [3.8, 4) is 11.5 Å². The van der Waals surface area contributed by atoms with Crippen molar-refractivity contribution >= 4 is 17.4 Å². The SMILES string of the molecule is COc1ccc(N2C(=O)[C@@H](Oc3ccccc3)[C@H]2[C@H](O)[C@H]2CCCC2=O)cc1. The summed E-state index contributed by atoms with van der Waals surface area (Å²) in [4.78, 5) is 26.6. The van der Waals surface area contributed by atoms with Gasteiger partial charge in [-0.1, -0.05) is 18.2 Å². The molecule has 28 heavy (non-hydrogen) atoms. The van der Waals surface area contributed by atoms with Gasteiger partial charge in [-0.25, -0.2) is 0 Å². The maximum atomic E-state index is 12.9. The van der Waals surface area contributed by atoms with Crippen LogP contribution in [0, 0.1) is 5.92 Å². The molecule has 2 aliphatic rings. The van der Waals surface area contributed by atoms with Crippen molar-refractivity contribution in [3.05, 3.63) is 54.6 Å². The number of Topliss-reactive ketones (excluding diaryl/α,β-unsaturated/α-hetero) is 1. The molecule has 1 aliphatic carbocycles. The van der Waals surface area contributed by atoms with E-state index in [2.05, 4.69) is 0 Å². The lowest BCUT2D eigenvalue weighted by Crippen LogP contribution is -2.72. The highest BCUT2D eigenvalue weighted by Crippen LogP contribution is 2.38. The second-order valence-corrected chi connectivity index (χ2v) is 7.20. The molecule has 1 saturated heterocycles. The number of hydrogen-bond donors (Lipinski definition) is 1. The van der Waals surface area contributed by atoms with Crippen molar-refractivity contribution in [3.63, 3.8) is 0 Å². The Kier molecular flexibility index (Phi) is 5.05. The zero-order chi connectivity index (χ0) is 19.7. The molecule has 0 aromatic heterocycles. The van der Waals surface area contributed by atoms with Crippen LogP contribution in [0.15, 0.2) is 54.6 Å². The third kappa shape index (κ3) is 3.24. The van der Waals surface area contributed by atoms with Gasteiger partial charge in [0.2, 0.25) is 6.10 Å². The average molecular weight is 381 g/mol. The van der Waals surface area contributed by atoms with Gasteiger partial charge in [0.1, 0.15) is 23.3 Å². The lowest BCUT2D eigenvalue weighted by molar-refractivity contribution is -0.142. The Morgan fingerprint density at radius 1 is 1.04 bits per heavy atom. The minimum absolute atomic E-state index is 0.0555. The van der Waals surface area contributed by atoms with E-state index in [9.17, 15) is 14.7 Å². The zero-order valence-corrected chi connectivity index (χ0v) is 15.7. The molecule has 1 amide bonds. The fourth-order valence-corrected chi connectivity index (χ4v) is 4.06. The molecule has 1 aliphatic heterocycles. The third-order valence-corrected chi connectivity index (χ3v) is 5.56. The number of amides is 1. The average Bonchev–Trinajstić information content (AvgIpc) is 3.16. The van der Waals surface area contributed by atoms with Gasteiger partial charge in [0.05, 0.1) is 13.2 Å². The number of β-lactam (4-membered cyclic amide) rings is 1. The number of para-hydroxylation sites is 1. The predicted molar refractivity (Wildman–Crippen MR) is 103 cm³/mol. The Hall–Kier alpha value is -2.86. The first-order valence-electron chi connectivity index (χ1n) is 9.50. The molecular formula is C22H23NO5. The smallest absolute Gasteiger partial charge is 0.270 e. The fourth-order valence-electron chi connectivity index (χ4n) is 4.06. The van der Waals surface area contributed by atoms with Crippen LogP contribution in [0.4, 0.5) is 5.69 Å². The summed E-state index contributed by atoms with van der Waals surface area (Å²) in [5.74, 6) is 0.603. The van der Waals surface area contributed by atoms with E-state index in [0.29, 0.717) is 30.0 Å². The Labute approximate surface area is 163 Å². The first kappa shape index (κ1) is 18.5. The fraction of sp³-hybridized carbons (Fsp3) is 0.364. The monoisotopic (exact) mass is 381 g/mol. The van der Waals surface area contributed by atoms with E-state index in [1.54, 1.807) is 43.5 Å². The number of ether oxygens (including phenoxy) is 2. The predicted octanol–water partition coefficient (Wildman–Crippen LogP) is 2.59. The first-order valence-corrected chi connectivity index (χ1v) is 9.50. The maximum absolute atomic E-state index is 12.9. The number of benzene rings is 2. The summed E-state index contributed by atoms with van der Waals surface area (Å²) in [6.07, 6.45) is 0.0962. The van der Waals surface area contributed by atoms with Gasteiger partial charge in [0.25, 0.3) is 5.91 Å². The molecule has 6 nitrogen and oxygen atoms in total. The number of nitrogens with zero attached hydrogens (tertiary/aromatic N) is 1. The number of carbonyl (C=O) groups excluding carboxylic acids is 2. The molecule has 1 heterocycles. The third-order valence-electron chi connectivity index (χ3n) is 5.56. The normalized spacial score (nSPS) is 25.4. The number of aliphatic hydroxyl groups is 1. The Bertz CT molecular complexity index is 851. The molecule has 2 aromatic rings. The van der Waals surface area contributed by atoms with Gasteiger partial charge >= 0.3 is 0 Å². The maximum Gasteiger partial charge on any atom is 0.270 e. The summed E-state index contributed by atoms with van der Waals surface area (Å²) in [5.41, 5.74) is 0.646. The molecule has 0 spiro atoms. The summed E-state index contributed by atoms with van der Waals surface area (Å²) in [5, 5.41) is 11.0. The highest BCUT2D eigenvalue weighted by Gasteiger charge is 2.56.